The van der Waals surface area contributed by atoms with E-state index in [2.05, 4.69) is 14.9 Å². The summed E-state index contributed by atoms with van der Waals surface area (Å²) in [5.74, 6) is -0.131. The Morgan fingerprint density at radius 1 is 1.15 bits per heavy atom. The second-order valence-corrected chi connectivity index (χ2v) is 5.51. The summed E-state index contributed by atoms with van der Waals surface area (Å²) in [6.07, 6.45) is 0. The van der Waals surface area contributed by atoms with Crippen LogP contribution < -0.4 is 5.32 Å². The smallest absolute Gasteiger partial charge is 0.255 e. The topological polar surface area (TPSA) is 54.9 Å². The Hall–Kier alpha value is -2.27. The molecule has 2 aromatic carbocycles. The van der Waals surface area contributed by atoms with Gasteiger partial charge in [0, 0.05) is 11.3 Å². The van der Waals surface area contributed by atoms with Crippen molar-refractivity contribution in [2.75, 3.05) is 5.32 Å². The summed E-state index contributed by atoms with van der Waals surface area (Å²) in [6.45, 7) is 3.98. The number of carbonyl (C=O) groups is 1. The molecule has 0 atom stereocenters. The number of carbonyl (C=O) groups excluding carboxylic acids is 1. The molecule has 0 aliphatic carbocycles. The molecule has 3 rings (SSSR count). The molecule has 1 heterocycles. The van der Waals surface area contributed by atoms with Gasteiger partial charge in [-0.2, -0.15) is 0 Å². The number of rotatable bonds is 2. The zero-order valence-electron chi connectivity index (χ0n) is 11.2. The first-order chi connectivity index (χ1) is 9.63. The molecule has 0 saturated heterocycles. The normalized spacial score (nSPS) is 10.7. The molecule has 0 bridgehead atoms. The Morgan fingerprint density at radius 3 is 2.85 bits per heavy atom. The Kier molecular flexibility index (Phi) is 3.20. The third kappa shape index (κ3) is 2.40. The van der Waals surface area contributed by atoms with E-state index in [1.54, 1.807) is 12.1 Å². The molecule has 5 heteroatoms. The van der Waals surface area contributed by atoms with Crippen molar-refractivity contribution >= 4 is 33.3 Å². The van der Waals surface area contributed by atoms with E-state index in [1.165, 1.54) is 11.5 Å². The second kappa shape index (κ2) is 5.02. The highest BCUT2D eigenvalue weighted by molar-refractivity contribution is 7.12. The van der Waals surface area contributed by atoms with E-state index >= 15 is 0 Å². The van der Waals surface area contributed by atoms with Crippen molar-refractivity contribution in [2.45, 2.75) is 13.8 Å². The predicted molar refractivity (Wildman–Crippen MR) is 81.3 cm³/mol. The van der Waals surface area contributed by atoms with E-state index < -0.39 is 0 Å². The lowest BCUT2D eigenvalue weighted by Gasteiger charge is -2.09. The van der Waals surface area contributed by atoms with E-state index in [1.807, 2.05) is 38.1 Å². The Labute approximate surface area is 120 Å². The lowest BCUT2D eigenvalue weighted by Crippen LogP contribution is -2.12. The fourth-order valence-corrected chi connectivity index (χ4v) is 2.53. The van der Waals surface area contributed by atoms with Crippen molar-refractivity contribution in [3.8, 4) is 0 Å². The zero-order chi connectivity index (χ0) is 14.1. The Balaban J connectivity index is 1.90. The minimum Gasteiger partial charge on any atom is -0.322 e. The zero-order valence-corrected chi connectivity index (χ0v) is 12.0. The van der Waals surface area contributed by atoms with Crippen molar-refractivity contribution in [3.05, 3.63) is 53.1 Å². The minimum absolute atomic E-state index is 0.131. The van der Waals surface area contributed by atoms with Crippen LogP contribution in [0.15, 0.2) is 36.4 Å². The Bertz CT molecular complexity index is 795. The molecule has 0 spiro atoms. The molecule has 3 aromatic rings. The monoisotopic (exact) mass is 283 g/mol. The lowest BCUT2D eigenvalue weighted by atomic mass is 10.1. The van der Waals surface area contributed by atoms with Gasteiger partial charge in [-0.25, -0.2) is 0 Å². The van der Waals surface area contributed by atoms with Crippen LogP contribution in [0.4, 0.5) is 5.69 Å². The molecule has 1 N–H and O–H groups in total. The van der Waals surface area contributed by atoms with Crippen LogP contribution in [0, 0.1) is 13.8 Å². The standard InChI is InChI=1S/C15H13N3OS/c1-9-3-4-10(2)12(7-9)16-15(19)11-5-6-14-13(8-11)17-18-20-14/h3-8H,1-2H3,(H,16,19). The number of amides is 1. The quantitative estimate of drug-likeness (QED) is 0.782. The van der Waals surface area contributed by atoms with Crippen LogP contribution in [0.3, 0.4) is 0 Å². The van der Waals surface area contributed by atoms with Gasteiger partial charge in [-0.3, -0.25) is 4.79 Å². The van der Waals surface area contributed by atoms with Gasteiger partial charge < -0.3 is 5.32 Å². The highest BCUT2D eigenvalue weighted by Crippen LogP contribution is 2.20. The number of aryl methyl sites for hydroxylation is 2. The number of aromatic nitrogens is 2. The highest BCUT2D eigenvalue weighted by Gasteiger charge is 2.10. The van der Waals surface area contributed by atoms with Crippen LogP contribution >= 0.6 is 11.5 Å². The predicted octanol–water partition coefficient (Wildman–Crippen LogP) is 3.56. The molecular weight excluding hydrogens is 270 g/mol. The number of hydrogen-bond acceptors (Lipinski definition) is 4. The first kappa shape index (κ1) is 12.7. The molecule has 0 saturated carbocycles. The third-order valence-electron chi connectivity index (χ3n) is 3.15. The van der Waals surface area contributed by atoms with Gasteiger partial charge in [-0.05, 0) is 60.8 Å². The van der Waals surface area contributed by atoms with Crippen LogP contribution in [0.1, 0.15) is 21.5 Å². The molecule has 0 radical (unpaired) electrons. The van der Waals surface area contributed by atoms with Gasteiger partial charge in [0.1, 0.15) is 5.52 Å². The molecule has 0 aliphatic heterocycles. The van der Waals surface area contributed by atoms with Crippen molar-refractivity contribution in [1.82, 2.24) is 9.59 Å². The van der Waals surface area contributed by atoms with Gasteiger partial charge in [0.15, 0.2) is 0 Å². The molecule has 0 aliphatic rings. The first-order valence-electron chi connectivity index (χ1n) is 6.24. The van der Waals surface area contributed by atoms with Crippen LogP contribution in [-0.2, 0) is 0 Å². The van der Waals surface area contributed by atoms with Gasteiger partial charge in [0.2, 0.25) is 0 Å². The van der Waals surface area contributed by atoms with Crippen molar-refractivity contribution in [1.29, 1.82) is 0 Å². The molecule has 1 aromatic heterocycles. The lowest BCUT2D eigenvalue weighted by molar-refractivity contribution is 0.102. The van der Waals surface area contributed by atoms with E-state index in [0.717, 1.165) is 27.0 Å². The number of nitrogens with zero attached hydrogens (tertiary/aromatic N) is 2. The van der Waals surface area contributed by atoms with E-state index in [4.69, 9.17) is 0 Å². The summed E-state index contributed by atoms with van der Waals surface area (Å²) in [6, 6.07) is 11.4. The average Bonchev–Trinajstić information content (AvgIpc) is 2.90. The molecule has 4 nitrogen and oxygen atoms in total. The summed E-state index contributed by atoms with van der Waals surface area (Å²) in [5.41, 5.74) is 4.34. The van der Waals surface area contributed by atoms with Gasteiger partial charge >= 0.3 is 0 Å². The van der Waals surface area contributed by atoms with Gasteiger partial charge in [-0.15, -0.1) is 5.10 Å². The van der Waals surface area contributed by atoms with Gasteiger partial charge in [0.05, 0.1) is 4.70 Å². The highest BCUT2D eigenvalue weighted by atomic mass is 32.1. The van der Waals surface area contributed by atoms with Crippen LogP contribution in [-0.4, -0.2) is 15.5 Å². The third-order valence-corrected chi connectivity index (χ3v) is 3.86. The van der Waals surface area contributed by atoms with E-state index in [0.29, 0.717) is 5.56 Å². The second-order valence-electron chi connectivity index (χ2n) is 4.73. The molecule has 0 unspecified atom stereocenters. The molecule has 0 fully saturated rings. The maximum Gasteiger partial charge on any atom is 0.255 e. The minimum atomic E-state index is -0.131. The van der Waals surface area contributed by atoms with E-state index in [9.17, 15) is 4.79 Å². The number of hydrogen-bond donors (Lipinski definition) is 1. The van der Waals surface area contributed by atoms with Crippen LogP contribution in [0.2, 0.25) is 0 Å². The number of anilines is 1. The molecule has 20 heavy (non-hydrogen) atoms. The van der Waals surface area contributed by atoms with Gasteiger partial charge in [0.25, 0.3) is 5.91 Å². The van der Waals surface area contributed by atoms with Crippen molar-refractivity contribution in [3.63, 3.8) is 0 Å². The maximum absolute atomic E-state index is 12.3. The number of fused-ring (bicyclic) bond motifs is 1. The van der Waals surface area contributed by atoms with Crippen LogP contribution in [0.5, 0.6) is 0 Å². The fraction of sp³-hybridized carbons (Fsp3) is 0.133. The fourth-order valence-electron chi connectivity index (χ4n) is 1.99. The first-order valence-corrected chi connectivity index (χ1v) is 7.01. The summed E-state index contributed by atoms with van der Waals surface area (Å²) >= 11 is 1.32. The SMILES string of the molecule is Cc1ccc(C)c(NC(=O)c2ccc3snnc3c2)c1. The summed E-state index contributed by atoms with van der Waals surface area (Å²) < 4.78 is 4.85. The summed E-state index contributed by atoms with van der Waals surface area (Å²) in [5, 5.41) is 6.93. The molecule has 1 amide bonds. The van der Waals surface area contributed by atoms with E-state index in [-0.39, 0.29) is 5.91 Å². The molecule has 100 valence electrons. The summed E-state index contributed by atoms with van der Waals surface area (Å²) in [4.78, 5) is 12.3. The van der Waals surface area contributed by atoms with Crippen molar-refractivity contribution in [2.24, 2.45) is 0 Å². The molecular formula is C15H13N3OS. The van der Waals surface area contributed by atoms with Crippen molar-refractivity contribution < 1.29 is 4.79 Å². The van der Waals surface area contributed by atoms with Gasteiger partial charge in [-0.1, -0.05) is 16.6 Å². The maximum atomic E-state index is 12.3. The largest absolute Gasteiger partial charge is 0.322 e. The number of benzene rings is 2. The summed E-state index contributed by atoms with van der Waals surface area (Å²) in [7, 11) is 0. The number of nitrogens with one attached hydrogen (secondary N) is 1. The average molecular weight is 283 g/mol. The van der Waals surface area contributed by atoms with Crippen LogP contribution in [0.25, 0.3) is 10.2 Å². The Morgan fingerprint density at radius 2 is 2.00 bits per heavy atom.